The average molecular weight is 494 g/mol. The van der Waals surface area contributed by atoms with Crippen molar-refractivity contribution in [3.63, 3.8) is 0 Å². The Hall–Kier alpha value is -1.69. The van der Waals surface area contributed by atoms with E-state index in [1.165, 1.54) is 70.6 Å². The van der Waals surface area contributed by atoms with Gasteiger partial charge in [-0.25, -0.2) is 4.79 Å². The Morgan fingerprint density at radius 2 is 1.35 bits per heavy atom. The van der Waals surface area contributed by atoms with Crippen molar-refractivity contribution in [1.29, 1.82) is 0 Å². The van der Waals surface area contributed by atoms with Crippen LogP contribution in [0.3, 0.4) is 0 Å². The van der Waals surface area contributed by atoms with Gasteiger partial charge in [0.2, 0.25) is 0 Å². The molecule has 6 heteroatoms. The summed E-state index contributed by atoms with van der Waals surface area (Å²) >= 11 is 1.61. The van der Waals surface area contributed by atoms with Gasteiger partial charge in [0.25, 0.3) is 0 Å². The molecule has 1 atom stereocenters. The van der Waals surface area contributed by atoms with Crippen LogP contribution in [-0.2, 0) is 4.79 Å². The summed E-state index contributed by atoms with van der Waals surface area (Å²) in [6.45, 7) is 2.59. The Balaban J connectivity index is 2.18. The fourth-order valence-corrected chi connectivity index (χ4v) is 5.11. The highest BCUT2D eigenvalue weighted by molar-refractivity contribution is 7.99. The number of carboxylic acid groups (broad SMARTS) is 1. The van der Waals surface area contributed by atoms with Crippen LogP contribution >= 0.6 is 11.8 Å². The fraction of sp³-hybridized carbons (Fsp3) is 0.714. The van der Waals surface area contributed by atoms with Crippen LogP contribution in [0.2, 0.25) is 0 Å². The van der Waals surface area contributed by atoms with Crippen LogP contribution in [0.4, 0.5) is 4.79 Å². The number of amides is 1. The van der Waals surface area contributed by atoms with Crippen molar-refractivity contribution in [3.8, 4) is 5.75 Å². The number of phenols is 1. The van der Waals surface area contributed by atoms with Crippen LogP contribution in [0.5, 0.6) is 5.75 Å². The van der Waals surface area contributed by atoms with Crippen molar-refractivity contribution < 1.29 is 19.8 Å². The van der Waals surface area contributed by atoms with Crippen molar-refractivity contribution >= 4 is 23.6 Å². The summed E-state index contributed by atoms with van der Waals surface area (Å²) in [5, 5.41) is 20.6. The first-order chi connectivity index (χ1) is 16.5. The van der Waals surface area contributed by atoms with Gasteiger partial charge >= 0.3 is 6.09 Å². The highest BCUT2D eigenvalue weighted by Gasteiger charge is 2.18. The molecule has 5 nitrogen and oxygen atoms in total. The number of ketones is 1. The first-order valence-electron chi connectivity index (χ1n) is 13.4. The second-order valence-corrected chi connectivity index (χ2v) is 10.5. The SMILES string of the molecule is CCCCCCCCCCCCCCCC(CCNC(=O)O)C(=O)CCSc1ccc(O)cc1. The summed E-state index contributed by atoms with van der Waals surface area (Å²) < 4.78 is 0. The lowest BCUT2D eigenvalue weighted by atomic mass is 9.91. The molecule has 0 aliphatic rings. The summed E-state index contributed by atoms with van der Waals surface area (Å²) in [6, 6.07) is 7.01. The molecule has 1 unspecified atom stereocenters. The van der Waals surface area contributed by atoms with Crippen molar-refractivity contribution in [3.05, 3.63) is 24.3 Å². The number of phenolic OH excluding ortho intramolecular Hbond substituents is 1. The lowest BCUT2D eigenvalue weighted by Crippen LogP contribution is -2.26. The normalized spacial score (nSPS) is 11.9. The maximum Gasteiger partial charge on any atom is 0.404 e. The van der Waals surface area contributed by atoms with Crippen LogP contribution in [0.1, 0.15) is 110 Å². The van der Waals surface area contributed by atoms with Gasteiger partial charge in [-0.1, -0.05) is 90.4 Å². The molecular formula is C28H47NO4S. The van der Waals surface area contributed by atoms with Crippen LogP contribution in [-0.4, -0.2) is 34.4 Å². The molecule has 1 aromatic rings. The molecule has 1 amide bonds. The molecule has 194 valence electrons. The third-order valence-corrected chi connectivity index (χ3v) is 7.35. The van der Waals surface area contributed by atoms with E-state index in [0.717, 1.165) is 24.2 Å². The summed E-state index contributed by atoms with van der Waals surface area (Å²) in [4.78, 5) is 24.6. The minimum Gasteiger partial charge on any atom is -0.508 e. The molecule has 0 aliphatic carbocycles. The number of carbonyl (C=O) groups is 2. The highest BCUT2D eigenvalue weighted by atomic mass is 32.2. The van der Waals surface area contributed by atoms with Gasteiger partial charge in [-0.05, 0) is 37.1 Å². The second-order valence-electron chi connectivity index (χ2n) is 9.31. The molecule has 0 radical (unpaired) electrons. The summed E-state index contributed by atoms with van der Waals surface area (Å²) in [7, 11) is 0. The largest absolute Gasteiger partial charge is 0.508 e. The average Bonchev–Trinajstić information content (AvgIpc) is 2.81. The number of Topliss-reactive ketones (excluding diaryl/α,β-unsaturated/α-hetero) is 1. The van der Waals surface area contributed by atoms with Crippen molar-refractivity contribution in [1.82, 2.24) is 5.32 Å². The molecule has 0 spiro atoms. The lowest BCUT2D eigenvalue weighted by Gasteiger charge is -2.16. The number of hydrogen-bond donors (Lipinski definition) is 3. The molecule has 3 N–H and O–H groups in total. The van der Waals surface area contributed by atoms with Crippen molar-refractivity contribution in [2.75, 3.05) is 12.3 Å². The van der Waals surface area contributed by atoms with Crippen molar-refractivity contribution in [2.45, 2.75) is 115 Å². The number of thioether (sulfide) groups is 1. The standard InChI is InChI=1S/C28H47NO4S/c1-2-3-4-5-6-7-8-9-10-11-12-13-14-15-24(20-22-29-28(32)33)27(31)21-23-34-26-18-16-25(30)17-19-26/h16-19,24,29-30H,2-15,20-23H2,1H3,(H,32,33). The molecule has 0 heterocycles. The van der Waals surface area contributed by atoms with Gasteiger partial charge in [-0.2, -0.15) is 0 Å². The van der Waals surface area contributed by atoms with E-state index in [-0.39, 0.29) is 17.5 Å². The first-order valence-corrected chi connectivity index (χ1v) is 14.4. The van der Waals surface area contributed by atoms with Gasteiger partial charge in [0.05, 0.1) is 0 Å². The van der Waals surface area contributed by atoms with E-state index >= 15 is 0 Å². The van der Waals surface area contributed by atoms with E-state index in [4.69, 9.17) is 5.11 Å². The first kappa shape index (κ1) is 30.3. The topological polar surface area (TPSA) is 86.6 Å². The van der Waals surface area contributed by atoms with E-state index in [1.54, 1.807) is 23.9 Å². The Bertz CT molecular complexity index is 650. The van der Waals surface area contributed by atoms with E-state index < -0.39 is 6.09 Å². The van der Waals surface area contributed by atoms with Gasteiger partial charge in [-0.3, -0.25) is 4.79 Å². The third-order valence-electron chi connectivity index (χ3n) is 6.33. The Morgan fingerprint density at radius 1 is 0.824 bits per heavy atom. The van der Waals surface area contributed by atoms with E-state index in [9.17, 15) is 14.7 Å². The van der Waals surface area contributed by atoms with Crippen LogP contribution in [0, 0.1) is 5.92 Å². The smallest absolute Gasteiger partial charge is 0.404 e. The minimum absolute atomic E-state index is 0.0695. The summed E-state index contributed by atoms with van der Waals surface area (Å²) in [5.41, 5.74) is 0. The Morgan fingerprint density at radius 3 is 1.88 bits per heavy atom. The molecule has 34 heavy (non-hydrogen) atoms. The molecule has 0 aromatic heterocycles. The Kier molecular flexibility index (Phi) is 18.4. The molecular weight excluding hydrogens is 446 g/mol. The zero-order chi connectivity index (χ0) is 24.9. The van der Waals surface area contributed by atoms with E-state index in [0.29, 0.717) is 25.1 Å². The number of nitrogens with one attached hydrogen (secondary N) is 1. The molecule has 0 fully saturated rings. The van der Waals surface area contributed by atoms with Crippen LogP contribution in [0.15, 0.2) is 29.2 Å². The summed E-state index contributed by atoms with van der Waals surface area (Å²) in [5.74, 6) is 1.10. The predicted molar refractivity (Wildman–Crippen MR) is 143 cm³/mol. The number of carbonyl (C=O) groups excluding carboxylic acids is 1. The zero-order valence-corrected chi connectivity index (χ0v) is 22.1. The molecule has 0 bridgehead atoms. The summed E-state index contributed by atoms with van der Waals surface area (Å²) in [6.07, 6.45) is 17.8. The molecule has 1 aromatic carbocycles. The molecule has 0 saturated carbocycles. The zero-order valence-electron chi connectivity index (χ0n) is 21.2. The van der Waals surface area contributed by atoms with Gasteiger partial charge in [0.1, 0.15) is 11.5 Å². The number of rotatable bonds is 22. The Labute approximate surface area is 211 Å². The maximum absolute atomic E-state index is 12.8. The quantitative estimate of drug-likeness (QED) is 0.112. The fourth-order valence-electron chi connectivity index (χ4n) is 4.24. The van der Waals surface area contributed by atoms with Gasteiger partial charge in [-0.15, -0.1) is 11.8 Å². The third kappa shape index (κ3) is 16.9. The molecule has 1 rings (SSSR count). The van der Waals surface area contributed by atoms with Crippen LogP contribution in [0.25, 0.3) is 0 Å². The van der Waals surface area contributed by atoms with Gasteiger partial charge in [0, 0.05) is 29.5 Å². The minimum atomic E-state index is -1.03. The number of hydrogen-bond acceptors (Lipinski definition) is 4. The lowest BCUT2D eigenvalue weighted by molar-refractivity contribution is -0.122. The highest BCUT2D eigenvalue weighted by Crippen LogP contribution is 2.24. The maximum atomic E-state index is 12.8. The predicted octanol–water partition coefficient (Wildman–Crippen LogP) is 8.20. The van der Waals surface area contributed by atoms with Crippen LogP contribution < -0.4 is 5.32 Å². The second kappa shape index (κ2) is 20.7. The molecule has 0 aliphatic heterocycles. The monoisotopic (exact) mass is 493 g/mol. The number of unbranched alkanes of at least 4 members (excludes halogenated alkanes) is 12. The van der Waals surface area contributed by atoms with E-state index in [1.807, 2.05) is 12.1 Å². The van der Waals surface area contributed by atoms with E-state index in [2.05, 4.69) is 12.2 Å². The van der Waals surface area contributed by atoms with Gasteiger partial charge in [0.15, 0.2) is 0 Å². The van der Waals surface area contributed by atoms with Crippen molar-refractivity contribution in [2.24, 2.45) is 5.92 Å². The van der Waals surface area contributed by atoms with Gasteiger partial charge < -0.3 is 15.5 Å². The number of aromatic hydroxyl groups is 1. The molecule has 0 saturated heterocycles. The number of benzene rings is 1.